The van der Waals surface area contributed by atoms with Gasteiger partial charge in [-0.1, -0.05) is 0 Å². The number of nitrogen functional groups attached to an aromatic ring is 1. The SMILES string of the molecule is COc1ccc(C(=O)c2cc(Nc3ccc(N4CCC(N5CCCC5)CC4)cc3)[nH]c2N)cc1F. The Balaban J connectivity index is 1.21. The van der Waals surface area contributed by atoms with E-state index in [1.54, 1.807) is 6.07 Å². The van der Waals surface area contributed by atoms with E-state index in [-0.39, 0.29) is 28.5 Å². The van der Waals surface area contributed by atoms with Gasteiger partial charge in [-0.2, -0.15) is 0 Å². The summed E-state index contributed by atoms with van der Waals surface area (Å²) < 4.78 is 19.0. The number of aromatic amines is 1. The number of nitrogens with one attached hydrogen (secondary N) is 2. The van der Waals surface area contributed by atoms with E-state index in [0.29, 0.717) is 5.82 Å². The Bertz CT molecular complexity index is 1180. The topological polar surface area (TPSA) is 86.6 Å². The molecule has 7 nitrogen and oxygen atoms in total. The summed E-state index contributed by atoms with van der Waals surface area (Å²) in [6.45, 7) is 4.69. The molecular formula is C27H32FN5O2. The molecule has 0 bridgehead atoms. The first-order valence-corrected chi connectivity index (χ1v) is 12.2. The first-order chi connectivity index (χ1) is 17.0. The maximum atomic E-state index is 14.0. The highest BCUT2D eigenvalue weighted by molar-refractivity contribution is 6.12. The van der Waals surface area contributed by atoms with E-state index < -0.39 is 5.82 Å². The maximum absolute atomic E-state index is 14.0. The zero-order valence-electron chi connectivity index (χ0n) is 20.0. The van der Waals surface area contributed by atoms with E-state index in [1.165, 1.54) is 63.7 Å². The van der Waals surface area contributed by atoms with Crippen LogP contribution in [-0.2, 0) is 0 Å². The van der Waals surface area contributed by atoms with Crippen molar-refractivity contribution in [3.63, 3.8) is 0 Å². The summed E-state index contributed by atoms with van der Waals surface area (Å²) in [5.41, 5.74) is 8.66. The lowest BCUT2D eigenvalue weighted by Crippen LogP contribution is -2.43. The number of benzene rings is 2. The van der Waals surface area contributed by atoms with Crippen molar-refractivity contribution in [3.8, 4) is 5.75 Å². The molecular weight excluding hydrogens is 445 g/mol. The Labute approximate surface area is 205 Å². The number of carbonyl (C=O) groups excluding carboxylic acids is 1. The van der Waals surface area contributed by atoms with E-state index in [9.17, 15) is 9.18 Å². The molecule has 0 amide bonds. The Kier molecular flexibility index (Phi) is 6.63. The first-order valence-electron chi connectivity index (χ1n) is 12.2. The van der Waals surface area contributed by atoms with Crippen molar-refractivity contribution in [3.05, 3.63) is 65.5 Å². The number of ether oxygens (including phenoxy) is 1. The van der Waals surface area contributed by atoms with Crippen LogP contribution < -0.4 is 20.7 Å². The molecule has 35 heavy (non-hydrogen) atoms. The molecule has 0 saturated carbocycles. The first kappa shape index (κ1) is 23.2. The molecule has 0 aliphatic carbocycles. The lowest BCUT2D eigenvalue weighted by atomic mass is 10.0. The van der Waals surface area contributed by atoms with Crippen LogP contribution in [0.5, 0.6) is 5.75 Å². The molecule has 4 N–H and O–H groups in total. The van der Waals surface area contributed by atoms with Gasteiger partial charge in [-0.05, 0) is 87.3 Å². The predicted molar refractivity (Wildman–Crippen MR) is 137 cm³/mol. The third-order valence-corrected chi connectivity index (χ3v) is 7.14. The minimum absolute atomic E-state index is 0.0883. The van der Waals surface area contributed by atoms with Gasteiger partial charge in [0.25, 0.3) is 0 Å². The van der Waals surface area contributed by atoms with E-state index in [1.807, 2.05) is 12.1 Å². The second kappa shape index (κ2) is 10.00. The molecule has 2 fully saturated rings. The number of piperidine rings is 1. The molecule has 8 heteroatoms. The van der Waals surface area contributed by atoms with Gasteiger partial charge in [0.2, 0.25) is 0 Å². The van der Waals surface area contributed by atoms with Crippen LogP contribution in [0.1, 0.15) is 41.6 Å². The summed E-state index contributed by atoms with van der Waals surface area (Å²) in [6.07, 6.45) is 5.13. The van der Waals surface area contributed by atoms with Crippen LogP contribution in [0.3, 0.4) is 0 Å². The summed E-state index contributed by atoms with van der Waals surface area (Å²) in [7, 11) is 1.38. The van der Waals surface area contributed by atoms with Gasteiger partial charge in [0, 0.05) is 36.1 Å². The number of H-pyrrole nitrogens is 1. The monoisotopic (exact) mass is 477 g/mol. The number of nitrogens with two attached hydrogens (primary N) is 1. The smallest absolute Gasteiger partial charge is 0.196 e. The molecule has 5 rings (SSSR count). The highest BCUT2D eigenvalue weighted by Crippen LogP contribution is 2.28. The van der Waals surface area contributed by atoms with Gasteiger partial charge in [0.1, 0.15) is 11.6 Å². The average molecular weight is 478 g/mol. The average Bonchev–Trinajstić information content (AvgIpc) is 3.54. The summed E-state index contributed by atoms with van der Waals surface area (Å²) in [4.78, 5) is 21.0. The lowest BCUT2D eigenvalue weighted by molar-refractivity contribution is 0.103. The molecule has 3 aromatic rings. The van der Waals surface area contributed by atoms with Crippen LogP contribution in [0.4, 0.5) is 27.4 Å². The van der Waals surface area contributed by atoms with Gasteiger partial charge in [0.15, 0.2) is 17.3 Å². The van der Waals surface area contributed by atoms with Crippen molar-refractivity contribution < 1.29 is 13.9 Å². The zero-order valence-corrected chi connectivity index (χ0v) is 20.0. The molecule has 0 atom stereocenters. The van der Waals surface area contributed by atoms with Gasteiger partial charge in [0.05, 0.1) is 12.7 Å². The quantitative estimate of drug-likeness (QED) is 0.425. The number of hydrogen-bond acceptors (Lipinski definition) is 6. The summed E-state index contributed by atoms with van der Waals surface area (Å²) in [6, 6.07) is 14.8. The molecule has 2 aromatic carbocycles. The normalized spacial score (nSPS) is 17.0. The van der Waals surface area contributed by atoms with Gasteiger partial charge in [-0.3, -0.25) is 4.79 Å². The van der Waals surface area contributed by atoms with Crippen LogP contribution in [0.15, 0.2) is 48.5 Å². The van der Waals surface area contributed by atoms with Crippen LogP contribution >= 0.6 is 0 Å². The number of anilines is 4. The Hall–Kier alpha value is -3.52. The second-order valence-electron chi connectivity index (χ2n) is 9.32. The Morgan fingerprint density at radius 1 is 1.06 bits per heavy atom. The van der Waals surface area contributed by atoms with Crippen molar-refractivity contribution in [2.24, 2.45) is 0 Å². The van der Waals surface area contributed by atoms with E-state index in [4.69, 9.17) is 10.5 Å². The van der Waals surface area contributed by atoms with Gasteiger partial charge < -0.3 is 30.6 Å². The fraction of sp³-hybridized carbons (Fsp3) is 0.370. The second-order valence-corrected chi connectivity index (χ2v) is 9.32. The van der Waals surface area contributed by atoms with Crippen molar-refractivity contribution >= 4 is 28.8 Å². The van der Waals surface area contributed by atoms with Crippen LogP contribution in [0.25, 0.3) is 0 Å². The number of likely N-dealkylation sites (tertiary alicyclic amines) is 1. The highest BCUT2D eigenvalue weighted by atomic mass is 19.1. The van der Waals surface area contributed by atoms with Crippen LogP contribution in [-0.4, -0.2) is 55.0 Å². The Morgan fingerprint density at radius 3 is 2.43 bits per heavy atom. The minimum Gasteiger partial charge on any atom is -0.494 e. The number of halogens is 1. The van der Waals surface area contributed by atoms with Crippen molar-refractivity contribution in [2.45, 2.75) is 31.7 Å². The fourth-order valence-electron chi connectivity index (χ4n) is 5.20. The maximum Gasteiger partial charge on any atom is 0.196 e. The number of ketones is 1. The summed E-state index contributed by atoms with van der Waals surface area (Å²) in [5, 5.41) is 3.27. The Morgan fingerprint density at radius 2 is 1.77 bits per heavy atom. The molecule has 0 unspecified atom stereocenters. The lowest BCUT2D eigenvalue weighted by Gasteiger charge is -2.37. The van der Waals surface area contributed by atoms with Gasteiger partial charge in [-0.25, -0.2) is 4.39 Å². The van der Waals surface area contributed by atoms with Crippen molar-refractivity contribution in [1.29, 1.82) is 0 Å². The third-order valence-electron chi connectivity index (χ3n) is 7.14. The third kappa shape index (κ3) is 4.98. The molecule has 2 saturated heterocycles. The highest BCUT2D eigenvalue weighted by Gasteiger charge is 2.26. The van der Waals surface area contributed by atoms with Gasteiger partial charge in [-0.15, -0.1) is 0 Å². The van der Waals surface area contributed by atoms with Crippen LogP contribution in [0, 0.1) is 5.82 Å². The molecule has 3 heterocycles. The molecule has 0 spiro atoms. The fourth-order valence-corrected chi connectivity index (χ4v) is 5.20. The molecule has 2 aliphatic heterocycles. The predicted octanol–water partition coefficient (Wildman–Crippen LogP) is 4.78. The number of nitrogens with zero attached hydrogens (tertiary/aromatic N) is 2. The van der Waals surface area contributed by atoms with Crippen LogP contribution in [0.2, 0.25) is 0 Å². The standard InChI is InChI=1S/C27H32FN5O2/c1-35-24-9-4-18(16-23(24)28)26(34)22-17-25(31-27(22)29)30-19-5-7-20(8-6-19)33-14-10-21(11-15-33)32-12-2-3-13-32/h4-9,16-17,21,30-31H,2-3,10-15,29H2,1H3. The number of carbonyl (C=O) groups is 1. The minimum atomic E-state index is -0.592. The molecule has 2 aliphatic rings. The summed E-state index contributed by atoms with van der Waals surface area (Å²) >= 11 is 0. The molecule has 1 aromatic heterocycles. The number of rotatable bonds is 7. The van der Waals surface area contributed by atoms with E-state index >= 15 is 0 Å². The largest absolute Gasteiger partial charge is 0.494 e. The van der Waals surface area contributed by atoms with Gasteiger partial charge >= 0.3 is 0 Å². The van der Waals surface area contributed by atoms with Crippen molar-refractivity contribution in [1.82, 2.24) is 9.88 Å². The number of methoxy groups -OCH3 is 1. The molecule has 0 radical (unpaired) electrons. The zero-order chi connectivity index (χ0) is 24.4. The van der Waals surface area contributed by atoms with E-state index in [0.717, 1.165) is 30.9 Å². The number of aromatic nitrogens is 1. The summed E-state index contributed by atoms with van der Waals surface area (Å²) in [5.74, 6) is -0.0391. The number of hydrogen-bond donors (Lipinski definition) is 3. The van der Waals surface area contributed by atoms with Crippen molar-refractivity contribution in [2.75, 3.05) is 49.2 Å². The molecule has 184 valence electrons. The van der Waals surface area contributed by atoms with E-state index in [2.05, 4.69) is 32.2 Å².